The SMILES string of the molecule is CC(C)(C)c1ccc(S(=O)(=O)Nc2ccccc2C(=O)N2CCOCC2)cc1. The van der Waals surface area contributed by atoms with Crippen molar-refractivity contribution < 1.29 is 17.9 Å². The zero-order valence-electron chi connectivity index (χ0n) is 16.4. The first-order valence-electron chi connectivity index (χ1n) is 9.28. The van der Waals surface area contributed by atoms with Crippen LogP contribution in [0.2, 0.25) is 0 Å². The van der Waals surface area contributed by atoms with Crippen LogP contribution >= 0.6 is 0 Å². The van der Waals surface area contributed by atoms with Crippen LogP contribution in [0, 0.1) is 0 Å². The molecule has 1 amide bonds. The Labute approximate surface area is 166 Å². The minimum atomic E-state index is -3.81. The van der Waals surface area contributed by atoms with Crippen LogP contribution in [0.1, 0.15) is 36.7 Å². The largest absolute Gasteiger partial charge is 0.378 e. The number of benzene rings is 2. The molecule has 1 aliphatic heterocycles. The summed E-state index contributed by atoms with van der Waals surface area (Å²) >= 11 is 0. The molecule has 1 saturated heterocycles. The maximum Gasteiger partial charge on any atom is 0.261 e. The van der Waals surface area contributed by atoms with Crippen molar-refractivity contribution >= 4 is 21.6 Å². The molecule has 0 aromatic heterocycles. The summed E-state index contributed by atoms with van der Waals surface area (Å²) in [4.78, 5) is 14.7. The van der Waals surface area contributed by atoms with Gasteiger partial charge in [-0.3, -0.25) is 9.52 Å². The van der Waals surface area contributed by atoms with E-state index >= 15 is 0 Å². The van der Waals surface area contributed by atoms with Crippen molar-refractivity contribution in [3.05, 3.63) is 59.7 Å². The van der Waals surface area contributed by atoms with E-state index in [0.717, 1.165) is 5.56 Å². The van der Waals surface area contributed by atoms with Gasteiger partial charge in [-0.15, -0.1) is 0 Å². The molecule has 150 valence electrons. The van der Waals surface area contributed by atoms with E-state index in [-0.39, 0.29) is 21.9 Å². The van der Waals surface area contributed by atoms with Crippen LogP contribution in [-0.4, -0.2) is 45.5 Å². The van der Waals surface area contributed by atoms with E-state index in [0.29, 0.717) is 31.9 Å². The summed E-state index contributed by atoms with van der Waals surface area (Å²) in [6.07, 6.45) is 0. The van der Waals surface area contributed by atoms with Gasteiger partial charge in [0.1, 0.15) is 0 Å². The van der Waals surface area contributed by atoms with Crippen LogP contribution in [0.5, 0.6) is 0 Å². The fourth-order valence-corrected chi connectivity index (χ4v) is 4.11. The number of hydrogen-bond acceptors (Lipinski definition) is 4. The van der Waals surface area contributed by atoms with Crippen LogP contribution in [0.25, 0.3) is 0 Å². The van der Waals surface area contributed by atoms with E-state index in [1.54, 1.807) is 41.3 Å². The quantitative estimate of drug-likeness (QED) is 0.852. The Morgan fingerprint density at radius 2 is 1.61 bits per heavy atom. The van der Waals surface area contributed by atoms with Gasteiger partial charge in [0.2, 0.25) is 0 Å². The Morgan fingerprint density at radius 3 is 2.21 bits per heavy atom. The summed E-state index contributed by atoms with van der Waals surface area (Å²) in [5.41, 5.74) is 1.60. The lowest BCUT2D eigenvalue weighted by Gasteiger charge is -2.27. The van der Waals surface area contributed by atoms with Crippen LogP contribution < -0.4 is 4.72 Å². The molecule has 1 N–H and O–H groups in total. The van der Waals surface area contributed by atoms with Gasteiger partial charge in [0, 0.05) is 13.1 Å². The van der Waals surface area contributed by atoms with Crippen molar-refractivity contribution in [2.24, 2.45) is 0 Å². The second kappa shape index (κ2) is 7.93. The zero-order valence-corrected chi connectivity index (χ0v) is 17.3. The molecule has 28 heavy (non-hydrogen) atoms. The van der Waals surface area contributed by atoms with Crippen molar-refractivity contribution in [3.8, 4) is 0 Å². The zero-order chi connectivity index (χ0) is 20.4. The summed E-state index contributed by atoms with van der Waals surface area (Å²) in [5, 5.41) is 0. The van der Waals surface area contributed by atoms with Crippen LogP contribution in [-0.2, 0) is 20.2 Å². The molecule has 2 aromatic carbocycles. The lowest BCUT2D eigenvalue weighted by atomic mass is 9.87. The van der Waals surface area contributed by atoms with E-state index in [1.165, 1.54) is 0 Å². The standard InChI is InChI=1S/C21H26N2O4S/c1-21(2,3)16-8-10-17(11-9-16)28(25,26)22-19-7-5-4-6-18(19)20(24)23-12-14-27-15-13-23/h4-11,22H,12-15H2,1-3H3. The first-order chi connectivity index (χ1) is 13.2. The number of morpholine rings is 1. The number of para-hydroxylation sites is 1. The highest BCUT2D eigenvalue weighted by atomic mass is 32.2. The number of anilines is 1. The maximum absolute atomic E-state index is 12.9. The predicted molar refractivity (Wildman–Crippen MR) is 109 cm³/mol. The monoisotopic (exact) mass is 402 g/mol. The molecule has 2 aromatic rings. The number of hydrogen-bond donors (Lipinski definition) is 1. The smallest absolute Gasteiger partial charge is 0.261 e. The Bertz CT molecular complexity index is 941. The number of carbonyl (C=O) groups excluding carboxylic acids is 1. The number of sulfonamides is 1. The first-order valence-corrected chi connectivity index (χ1v) is 10.8. The molecule has 6 nitrogen and oxygen atoms in total. The third kappa shape index (κ3) is 4.54. The number of ether oxygens (including phenoxy) is 1. The topological polar surface area (TPSA) is 75.7 Å². The highest BCUT2D eigenvalue weighted by Crippen LogP contribution is 2.25. The van der Waals surface area contributed by atoms with Crippen LogP contribution in [0.15, 0.2) is 53.4 Å². The molecular weight excluding hydrogens is 376 g/mol. The van der Waals surface area contributed by atoms with E-state index in [4.69, 9.17) is 4.74 Å². The molecule has 3 rings (SSSR count). The lowest BCUT2D eigenvalue weighted by molar-refractivity contribution is 0.0303. The summed E-state index contributed by atoms with van der Waals surface area (Å²) < 4.78 is 33.6. The van der Waals surface area contributed by atoms with Crippen molar-refractivity contribution in [3.63, 3.8) is 0 Å². The fourth-order valence-electron chi connectivity index (χ4n) is 3.03. The van der Waals surface area contributed by atoms with Crippen molar-refractivity contribution in [2.45, 2.75) is 31.1 Å². The maximum atomic E-state index is 12.9. The molecule has 7 heteroatoms. The Morgan fingerprint density at radius 1 is 1.00 bits per heavy atom. The molecule has 0 aliphatic carbocycles. The van der Waals surface area contributed by atoms with Gasteiger partial charge in [-0.25, -0.2) is 8.42 Å². The number of amides is 1. The van der Waals surface area contributed by atoms with Crippen LogP contribution in [0.4, 0.5) is 5.69 Å². The van der Waals surface area contributed by atoms with E-state index in [9.17, 15) is 13.2 Å². The average molecular weight is 403 g/mol. The molecule has 0 atom stereocenters. The number of nitrogens with zero attached hydrogens (tertiary/aromatic N) is 1. The average Bonchev–Trinajstić information content (AvgIpc) is 2.68. The third-order valence-electron chi connectivity index (χ3n) is 4.73. The third-order valence-corrected chi connectivity index (χ3v) is 6.11. The summed E-state index contributed by atoms with van der Waals surface area (Å²) in [6.45, 7) is 8.18. The number of carbonyl (C=O) groups is 1. The number of nitrogens with one attached hydrogen (secondary N) is 1. The molecule has 0 radical (unpaired) electrons. The Balaban J connectivity index is 1.85. The van der Waals surface area contributed by atoms with Gasteiger partial charge in [0.25, 0.3) is 15.9 Å². The predicted octanol–water partition coefficient (Wildman–Crippen LogP) is 3.26. The summed E-state index contributed by atoms with van der Waals surface area (Å²) in [7, 11) is -3.81. The van der Waals surface area contributed by atoms with Crippen LogP contribution in [0.3, 0.4) is 0 Å². The summed E-state index contributed by atoms with van der Waals surface area (Å²) in [6, 6.07) is 13.5. The van der Waals surface area contributed by atoms with E-state index in [2.05, 4.69) is 25.5 Å². The fraction of sp³-hybridized carbons (Fsp3) is 0.381. The van der Waals surface area contributed by atoms with Gasteiger partial charge in [0.05, 0.1) is 29.4 Å². The molecule has 0 spiro atoms. The minimum absolute atomic E-state index is 0.0626. The van der Waals surface area contributed by atoms with E-state index < -0.39 is 10.0 Å². The highest BCUT2D eigenvalue weighted by molar-refractivity contribution is 7.92. The molecule has 1 aliphatic rings. The Hall–Kier alpha value is -2.38. The van der Waals surface area contributed by atoms with Gasteiger partial charge in [0.15, 0.2) is 0 Å². The van der Waals surface area contributed by atoms with Crippen molar-refractivity contribution in [2.75, 3.05) is 31.0 Å². The van der Waals surface area contributed by atoms with Gasteiger partial charge < -0.3 is 9.64 Å². The second-order valence-corrected chi connectivity index (χ2v) is 9.51. The van der Waals surface area contributed by atoms with Crippen molar-refractivity contribution in [1.29, 1.82) is 0 Å². The highest BCUT2D eigenvalue weighted by Gasteiger charge is 2.24. The van der Waals surface area contributed by atoms with Gasteiger partial charge in [-0.05, 0) is 35.2 Å². The van der Waals surface area contributed by atoms with Gasteiger partial charge in [-0.1, -0.05) is 45.0 Å². The molecule has 0 saturated carbocycles. The molecule has 1 fully saturated rings. The van der Waals surface area contributed by atoms with Crippen molar-refractivity contribution in [1.82, 2.24) is 4.90 Å². The first kappa shape index (κ1) is 20.4. The normalized spacial score (nSPS) is 15.3. The molecule has 1 heterocycles. The van der Waals surface area contributed by atoms with Gasteiger partial charge >= 0.3 is 0 Å². The summed E-state index contributed by atoms with van der Waals surface area (Å²) in [5.74, 6) is -0.204. The van der Waals surface area contributed by atoms with Gasteiger partial charge in [-0.2, -0.15) is 0 Å². The molecule has 0 bridgehead atoms. The minimum Gasteiger partial charge on any atom is -0.378 e. The number of rotatable bonds is 4. The molecular formula is C21H26N2O4S. The lowest BCUT2D eigenvalue weighted by Crippen LogP contribution is -2.41. The second-order valence-electron chi connectivity index (χ2n) is 7.83. The van der Waals surface area contributed by atoms with E-state index in [1.807, 2.05) is 12.1 Å². The Kier molecular flexibility index (Phi) is 5.76. The molecule has 0 unspecified atom stereocenters.